The first-order valence-electron chi connectivity index (χ1n) is 12.6. The lowest BCUT2D eigenvalue weighted by atomic mass is 9.59. The van der Waals surface area contributed by atoms with Gasteiger partial charge in [-0.3, -0.25) is 14.4 Å². The number of nitriles is 1. The Morgan fingerprint density at radius 1 is 1.10 bits per heavy atom. The van der Waals surface area contributed by atoms with E-state index in [0.29, 0.717) is 25.1 Å². The Hall–Kier alpha value is -4.46. The minimum atomic E-state index is -2.58. The van der Waals surface area contributed by atoms with E-state index in [1.807, 2.05) is 24.3 Å². The molecule has 2 aromatic rings. The van der Waals surface area contributed by atoms with E-state index in [0.717, 1.165) is 16.7 Å². The van der Waals surface area contributed by atoms with Gasteiger partial charge in [-0.2, -0.15) is 5.26 Å². The second-order valence-electron chi connectivity index (χ2n) is 10.2. The third-order valence-corrected chi connectivity index (χ3v) is 7.95. The molecule has 0 bridgehead atoms. The Bertz CT molecular complexity index is 1520. The summed E-state index contributed by atoms with van der Waals surface area (Å²) in [5, 5.41) is 55.8. The zero-order valence-electron chi connectivity index (χ0n) is 20.9. The quantitative estimate of drug-likeness (QED) is 0.240. The van der Waals surface area contributed by atoms with Crippen molar-refractivity contribution in [3.63, 3.8) is 0 Å². The molecule has 0 heterocycles. The standard InChI is InChI=1S/C29H27N3O7/c30-8-1-9-32-13-14-2-4-15(5-3-14)18-6-7-20(33)23-19(18)11-16-10-17-12-21(34)24(28(31)38)27(37)29(17,39)26(36)22(16)25(23)35/h2-7,16-17,32-33,35,37,39H,1,9-13H2,(H2,31,38)/t16-,17+,29+/m1/s1. The summed E-state index contributed by atoms with van der Waals surface area (Å²) in [6.45, 7) is 1.17. The number of Topliss-reactive ketones (excluding diaryl/α,β-unsaturated/α-hetero) is 2. The number of phenolic OH excluding ortho intramolecular Hbond substituents is 1. The molecule has 0 aliphatic heterocycles. The van der Waals surface area contributed by atoms with Gasteiger partial charge in [0, 0.05) is 37.4 Å². The van der Waals surface area contributed by atoms with Gasteiger partial charge in [0.15, 0.2) is 11.4 Å². The third-order valence-electron chi connectivity index (χ3n) is 7.95. The van der Waals surface area contributed by atoms with Crippen LogP contribution < -0.4 is 11.1 Å². The minimum absolute atomic E-state index is 0.0573. The van der Waals surface area contributed by atoms with E-state index in [-0.39, 0.29) is 36.1 Å². The normalized spacial score (nSPS) is 24.1. The van der Waals surface area contributed by atoms with Crippen molar-refractivity contribution in [2.45, 2.75) is 37.8 Å². The molecule has 3 atom stereocenters. The van der Waals surface area contributed by atoms with Gasteiger partial charge in [-0.1, -0.05) is 30.3 Å². The van der Waals surface area contributed by atoms with Crippen LogP contribution in [0.3, 0.4) is 0 Å². The molecular weight excluding hydrogens is 502 g/mol. The van der Waals surface area contributed by atoms with Crippen molar-refractivity contribution < 1.29 is 34.8 Å². The predicted octanol–water partition coefficient (Wildman–Crippen LogP) is 2.09. The van der Waals surface area contributed by atoms with Gasteiger partial charge in [0.25, 0.3) is 5.91 Å². The molecule has 5 rings (SSSR count). The van der Waals surface area contributed by atoms with E-state index in [1.165, 1.54) is 6.07 Å². The molecule has 1 amide bonds. The highest BCUT2D eigenvalue weighted by Gasteiger charge is 2.60. The maximum absolute atomic E-state index is 13.6. The van der Waals surface area contributed by atoms with Gasteiger partial charge >= 0.3 is 0 Å². The van der Waals surface area contributed by atoms with Gasteiger partial charge in [-0.15, -0.1) is 0 Å². The Morgan fingerprint density at radius 2 is 1.82 bits per heavy atom. The molecule has 3 aliphatic rings. The largest absolute Gasteiger partial charge is 0.508 e. The van der Waals surface area contributed by atoms with Crippen molar-refractivity contribution in [3.8, 4) is 22.9 Å². The van der Waals surface area contributed by atoms with Crippen LogP contribution in [0.5, 0.6) is 5.75 Å². The first-order valence-corrected chi connectivity index (χ1v) is 12.6. The summed E-state index contributed by atoms with van der Waals surface area (Å²) in [7, 11) is 0. The number of primary amides is 1. The number of hydrogen-bond acceptors (Lipinski definition) is 9. The predicted molar refractivity (Wildman–Crippen MR) is 139 cm³/mol. The molecule has 7 N–H and O–H groups in total. The van der Waals surface area contributed by atoms with Crippen LogP contribution in [0, 0.1) is 23.2 Å². The van der Waals surface area contributed by atoms with E-state index < -0.39 is 52.0 Å². The van der Waals surface area contributed by atoms with Crippen molar-refractivity contribution in [3.05, 3.63) is 70.0 Å². The molecule has 0 aromatic heterocycles. The van der Waals surface area contributed by atoms with Crippen molar-refractivity contribution in [2.24, 2.45) is 17.6 Å². The molecule has 0 unspecified atom stereocenters. The number of rotatable bonds is 6. The number of amides is 1. The molecular formula is C29H27N3O7. The van der Waals surface area contributed by atoms with Crippen LogP contribution in [0.1, 0.15) is 36.0 Å². The highest BCUT2D eigenvalue weighted by molar-refractivity contribution is 6.22. The first-order chi connectivity index (χ1) is 18.6. The molecule has 1 saturated carbocycles. The number of fused-ring (bicyclic) bond motifs is 3. The fourth-order valence-corrected chi connectivity index (χ4v) is 6.07. The summed E-state index contributed by atoms with van der Waals surface area (Å²) in [4.78, 5) is 37.9. The van der Waals surface area contributed by atoms with Gasteiger partial charge in [0.1, 0.15) is 22.8 Å². The topological polar surface area (TPSA) is 194 Å². The van der Waals surface area contributed by atoms with E-state index in [1.54, 1.807) is 6.07 Å². The highest BCUT2D eigenvalue weighted by Crippen LogP contribution is 2.53. The smallest absolute Gasteiger partial charge is 0.255 e. The number of aromatic hydroxyl groups is 1. The number of carbonyl (C=O) groups excluding carboxylic acids is 3. The van der Waals surface area contributed by atoms with Crippen molar-refractivity contribution in [2.75, 3.05) is 6.54 Å². The molecule has 3 aliphatic carbocycles. The number of aliphatic hydroxyl groups excluding tert-OH is 2. The summed E-state index contributed by atoms with van der Waals surface area (Å²) in [5.41, 5.74) is 4.90. The number of aliphatic hydroxyl groups is 3. The second-order valence-corrected chi connectivity index (χ2v) is 10.2. The van der Waals surface area contributed by atoms with Crippen LogP contribution in [0.25, 0.3) is 16.9 Å². The molecule has 0 saturated heterocycles. The van der Waals surface area contributed by atoms with Crippen molar-refractivity contribution in [1.82, 2.24) is 5.32 Å². The fraction of sp³-hybridized carbons (Fsp3) is 0.310. The Kier molecular flexibility index (Phi) is 6.50. The van der Waals surface area contributed by atoms with Crippen LogP contribution >= 0.6 is 0 Å². The third kappa shape index (κ3) is 4.07. The fourth-order valence-electron chi connectivity index (χ4n) is 6.07. The lowest BCUT2D eigenvalue weighted by Gasteiger charge is -2.46. The van der Waals surface area contributed by atoms with Crippen LogP contribution in [-0.4, -0.2) is 50.0 Å². The number of carbonyl (C=O) groups is 3. The Morgan fingerprint density at radius 3 is 2.49 bits per heavy atom. The zero-order chi connectivity index (χ0) is 28.1. The summed E-state index contributed by atoms with van der Waals surface area (Å²) < 4.78 is 0. The molecule has 0 spiro atoms. The molecule has 2 aromatic carbocycles. The number of ketones is 2. The van der Waals surface area contributed by atoms with Crippen LogP contribution in [0.2, 0.25) is 0 Å². The monoisotopic (exact) mass is 529 g/mol. The summed E-state index contributed by atoms with van der Waals surface area (Å²) in [6, 6.07) is 12.9. The van der Waals surface area contributed by atoms with Gasteiger partial charge in [-0.25, -0.2) is 0 Å². The minimum Gasteiger partial charge on any atom is -0.508 e. The first kappa shape index (κ1) is 26.2. The lowest BCUT2D eigenvalue weighted by Crippen LogP contribution is -2.58. The maximum Gasteiger partial charge on any atom is 0.255 e. The Labute approximate surface area is 223 Å². The zero-order valence-corrected chi connectivity index (χ0v) is 20.9. The second kappa shape index (κ2) is 9.69. The van der Waals surface area contributed by atoms with Crippen molar-refractivity contribution >= 4 is 23.2 Å². The molecule has 0 radical (unpaired) electrons. The number of hydrogen-bond donors (Lipinski definition) is 6. The van der Waals surface area contributed by atoms with Crippen LogP contribution in [0.4, 0.5) is 0 Å². The molecule has 10 heteroatoms. The van der Waals surface area contributed by atoms with Gasteiger partial charge in [-0.05, 0) is 47.1 Å². The number of benzene rings is 2. The van der Waals surface area contributed by atoms with Gasteiger partial charge < -0.3 is 31.5 Å². The van der Waals surface area contributed by atoms with Crippen LogP contribution in [0.15, 0.2) is 53.3 Å². The number of phenols is 1. The van der Waals surface area contributed by atoms with Gasteiger partial charge in [0.2, 0.25) is 5.78 Å². The van der Waals surface area contributed by atoms with Crippen molar-refractivity contribution in [1.29, 1.82) is 5.26 Å². The van der Waals surface area contributed by atoms with Gasteiger partial charge in [0.05, 0.1) is 11.6 Å². The molecule has 200 valence electrons. The van der Waals surface area contributed by atoms with E-state index in [2.05, 4.69) is 11.4 Å². The summed E-state index contributed by atoms with van der Waals surface area (Å²) >= 11 is 0. The van der Waals surface area contributed by atoms with E-state index in [4.69, 9.17) is 11.0 Å². The van der Waals surface area contributed by atoms with E-state index >= 15 is 0 Å². The summed E-state index contributed by atoms with van der Waals surface area (Å²) in [6.07, 6.45) is 0.356. The number of nitrogens with one attached hydrogen (secondary N) is 1. The lowest BCUT2D eigenvalue weighted by molar-refractivity contribution is -0.147. The molecule has 10 nitrogen and oxygen atoms in total. The SMILES string of the molecule is N#CCCNCc1ccc(-c2ccc(O)c3c2C[C@H]2C[C@H]4CC(=O)C(C(N)=O)=C(O)[C@@]4(O)C(=O)C2=C3O)cc1. The average molecular weight is 530 g/mol. The molecule has 39 heavy (non-hydrogen) atoms. The highest BCUT2D eigenvalue weighted by atomic mass is 16.3. The number of nitrogens with zero attached hydrogens (tertiary/aromatic N) is 1. The summed E-state index contributed by atoms with van der Waals surface area (Å²) in [5.74, 6) is -6.50. The average Bonchev–Trinajstić information content (AvgIpc) is 2.89. The number of nitrogens with two attached hydrogens (primary N) is 1. The molecule has 1 fully saturated rings. The maximum atomic E-state index is 13.6. The van der Waals surface area contributed by atoms with Crippen LogP contribution in [-0.2, 0) is 27.3 Å². The van der Waals surface area contributed by atoms with E-state index in [9.17, 15) is 34.8 Å². The Balaban J connectivity index is 1.55.